The second-order valence-electron chi connectivity index (χ2n) is 5.32. The van der Waals surface area contributed by atoms with E-state index >= 15 is 0 Å². The quantitative estimate of drug-likeness (QED) is 0.211. The van der Waals surface area contributed by atoms with Gasteiger partial charge in [0.05, 0.1) is 19.3 Å². The first kappa shape index (κ1) is 18.1. The molecule has 0 radical (unpaired) electrons. The van der Waals surface area contributed by atoms with E-state index in [0.29, 0.717) is 0 Å². The van der Waals surface area contributed by atoms with Gasteiger partial charge in [-0.25, -0.2) is 4.79 Å². The summed E-state index contributed by atoms with van der Waals surface area (Å²) in [6, 6.07) is 0. The third-order valence-electron chi connectivity index (χ3n) is 3.64. The van der Waals surface area contributed by atoms with Crippen molar-refractivity contribution in [3.63, 3.8) is 0 Å². The molecule has 1 aliphatic heterocycles. The van der Waals surface area contributed by atoms with Crippen molar-refractivity contribution >= 4 is 0 Å². The summed E-state index contributed by atoms with van der Waals surface area (Å²) in [5.74, 6) is 0. The van der Waals surface area contributed by atoms with E-state index in [0.717, 1.165) is 10.8 Å². The maximum atomic E-state index is 11.9. The van der Waals surface area contributed by atoms with Gasteiger partial charge in [-0.3, -0.25) is 14.3 Å². The van der Waals surface area contributed by atoms with Crippen LogP contribution >= 0.6 is 0 Å². The Kier molecular flexibility index (Phi) is 5.72. The Balaban J connectivity index is 2.31. The summed E-state index contributed by atoms with van der Waals surface area (Å²) >= 11 is 0. The average Bonchev–Trinajstić information content (AvgIpc) is 2.83. The minimum atomic E-state index is -1.49. The van der Waals surface area contributed by atoms with E-state index in [4.69, 9.17) is 15.4 Å². The topological polar surface area (TPSA) is 194 Å². The SMILES string of the molecule is [N-]=[N+]=NCC(O)Cc1cn([C@@H]2O[C@H](CO)C(O)C2O)c(=O)[nH]c1=O. The minimum Gasteiger partial charge on any atom is -0.394 e. The molecule has 132 valence electrons. The van der Waals surface area contributed by atoms with Crippen LogP contribution in [-0.4, -0.2) is 67.5 Å². The summed E-state index contributed by atoms with van der Waals surface area (Å²) in [6.45, 7) is -0.826. The first-order valence-corrected chi connectivity index (χ1v) is 7.04. The van der Waals surface area contributed by atoms with Crippen molar-refractivity contribution < 1.29 is 25.2 Å². The Labute approximate surface area is 134 Å². The fourth-order valence-corrected chi connectivity index (χ4v) is 2.42. The van der Waals surface area contributed by atoms with Gasteiger partial charge in [-0.1, -0.05) is 5.11 Å². The molecule has 1 fully saturated rings. The number of aromatic nitrogens is 2. The standard InChI is InChI=1S/C12H17N5O7/c13-16-14-2-6(19)1-5-3-17(12(23)15-10(5)22)11-9(21)8(20)7(4-18)24-11/h3,6-9,11,18-21H,1-2,4H2,(H,15,22,23)/t6?,7-,8?,9?,11-/m1/s1. The number of nitrogens with zero attached hydrogens (tertiary/aromatic N) is 4. The molecule has 0 aliphatic carbocycles. The van der Waals surface area contributed by atoms with E-state index in [-0.39, 0.29) is 18.5 Å². The third-order valence-corrected chi connectivity index (χ3v) is 3.64. The molecule has 5 N–H and O–H groups in total. The lowest BCUT2D eigenvalue weighted by Crippen LogP contribution is -2.39. The molecule has 1 aromatic rings. The number of aliphatic hydroxyl groups excluding tert-OH is 4. The number of aromatic amines is 1. The molecule has 0 spiro atoms. The van der Waals surface area contributed by atoms with E-state index in [1.54, 1.807) is 0 Å². The predicted octanol–water partition coefficient (Wildman–Crippen LogP) is -2.64. The highest BCUT2D eigenvalue weighted by Crippen LogP contribution is 2.28. The van der Waals surface area contributed by atoms with Crippen LogP contribution in [0.1, 0.15) is 11.8 Å². The van der Waals surface area contributed by atoms with Crippen LogP contribution in [0.3, 0.4) is 0 Å². The Morgan fingerprint density at radius 1 is 1.42 bits per heavy atom. The maximum absolute atomic E-state index is 11.9. The number of hydrogen-bond acceptors (Lipinski definition) is 8. The highest BCUT2D eigenvalue weighted by molar-refractivity contribution is 5.07. The number of ether oxygens (including phenoxy) is 1. The summed E-state index contributed by atoms with van der Waals surface area (Å²) in [5, 5.41) is 41.6. The largest absolute Gasteiger partial charge is 0.394 e. The van der Waals surface area contributed by atoms with Gasteiger partial charge in [-0.2, -0.15) is 0 Å². The van der Waals surface area contributed by atoms with Gasteiger partial charge in [-0.15, -0.1) is 0 Å². The number of nitrogens with one attached hydrogen (secondary N) is 1. The Morgan fingerprint density at radius 3 is 2.71 bits per heavy atom. The van der Waals surface area contributed by atoms with Crippen LogP contribution in [0.25, 0.3) is 10.4 Å². The van der Waals surface area contributed by atoms with E-state index in [1.165, 1.54) is 0 Å². The van der Waals surface area contributed by atoms with Crippen LogP contribution in [0.5, 0.6) is 0 Å². The Morgan fingerprint density at radius 2 is 2.12 bits per heavy atom. The fourth-order valence-electron chi connectivity index (χ4n) is 2.42. The highest BCUT2D eigenvalue weighted by Gasteiger charge is 2.43. The zero-order valence-corrected chi connectivity index (χ0v) is 12.4. The van der Waals surface area contributed by atoms with Crippen LogP contribution in [0.4, 0.5) is 0 Å². The summed E-state index contributed by atoms with van der Waals surface area (Å²) in [4.78, 5) is 28.2. The monoisotopic (exact) mass is 343 g/mol. The van der Waals surface area contributed by atoms with Crippen molar-refractivity contribution in [3.05, 3.63) is 43.0 Å². The first-order chi connectivity index (χ1) is 11.4. The lowest BCUT2D eigenvalue weighted by Gasteiger charge is -2.18. The molecule has 0 aromatic carbocycles. The summed E-state index contributed by atoms with van der Waals surface area (Å²) in [7, 11) is 0. The highest BCUT2D eigenvalue weighted by atomic mass is 16.6. The van der Waals surface area contributed by atoms with Crippen molar-refractivity contribution in [2.45, 2.75) is 37.1 Å². The minimum absolute atomic E-state index is 0.00650. The molecule has 3 unspecified atom stereocenters. The summed E-state index contributed by atoms with van der Waals surface area (Å²) in [5.41, 5.74) is 6.57. The second-order valence-corrected chi connectivity index (χ2v) is 5.32. The van der Waals surface area contributed by atoms with Crippen LogP contribution in [0.15, 0.2) is 20.9 Å². The van der Waals surface area contributed by atoms with E-state index in [9.17, 15) is 24.9 Å². The second kappa shape index (κ2) is 7.57. The van der Waals surface area contributed by atoms with Crippen molar-refractivity contribution in [3.8, 4) is 0 Å². The van der Waals surface area contributed by atoms with Gasteiger partial charge < -0.3 is 25.2 Å². The number of aliphatic hydroxyl groups is 4. The molecule has 2 heterocycles. The van der Waals surface area contributed by atoms with Gasteiger partial charge in [-0.05, 0) is 5.53 Å². The van der Waals surface area contributed by atoms with Gasteiger partial charge in [0.1, 0.15) is 18.3 Å². The Hall–Kier alpha value is -2.21. The zero-order chi connectivity index (χ0) is 17.9. The molecule has 1 aromatic heterocycles. The van der Waals surface area contributed by atoms with Gasteiger partial charge >= 0.3 is 5.69 Å². The predicted molar refractivity (Wildman–Crippen MR) is 78.1 cm³/mol. The zero-order valence-electron chi connectivity index (χ0n) is 12.4. The summed E-state index contributed by atoms with van der Waals surface area (Å²) < 4.78 is 6.09. The smallest absolute Gasteiger partial charge is 0.330 e. The Bertz CT molecular complexity index is 740. The normalized spacial score (nSPS) is 27.7. The molecule has 24 heavy (non-hydrogen) atoms. The van der Waals surface area contributed by atoms with Crippen molar-refractivity contribution in [1.29, 1.82) is 0 Å². The molecular weight excluding hydrogens is 326 g/mol. The lowest BCUT2D eigenvalue weighted by molar-refractivity contribution is -0.0551. The molecule has 0 bridgehead atoms. The van der Waals surface area contributed by atoms with Gasteiger partial charge in [0.25, 0.3) is 5.56 Å². The lowest BCUT2D eigenvalue weighted by atomic mass is 10.1. The maximum Gasteiger partial charge on any atom is 0.330 e. The first-order valence-electron chi connectivity index (χ1n) is 7.04. The van der Waals surface area contributed by atoms with Gasteiger partial charge in [0.15, 0.2) is 6.23 Å². The summed E-state index contributed by atoms with van der Waals surface area (Å²) in [6.07, 6.45) is -5.55. The molecule has 1 aliphatic rings. The molecule has 12 nitrogen and oxygen atoms in total. The van der Waals surface area contributed by atoms with Crippen LogP contribution in [0.2, 0.25) is 0 Å². The van der Waals surface area contributed by atoms with Crippen LogP contribution < -0.4 is 11.2 Å². The number of hydrogen-bond donors (Lipinski definition) is 5. The molecule has 0 amide bonds. The molecule has 1 saturated heterocycles. The molecular formula is C12H17N5O7. The van der Waals surface area contributed by atoms with E-state index in [1.807, 2.05) is 4.98 Å². The van der Waals surface area contributed by atoms with Gasteiger partial charge in [0, 0.05) is 23.1 Å². The average molecular weight is 343 g/mol. The molecule has 2 rings (SSSR count). The van der Waals surface area contributed by atoms with Crippen molar-refractivity contribution in [1.82, 2.24) is 9.55 Å². The van der Waals surface area contributed by atoms with E-state index < -0.39 is 48.5 Å². The third kappa shape index (κ3) is 3.64. The van der Waals surface area contributed by atoms with Gasteiger partial charge in [0.2, 0.25) is 0 Å². The fraction of sp³-hybridized carbons (Fsp3) is 0.667. The van der Waals surface area contributed by atoms with E-state index in [2.05, 4.69) is 10.0 Å². The molecule has 0 saturated carbocycles. The number of azide groups is 1. The molecule has 5 atom stereocenters. The van der Waals surface area contributed by atoms with Crippen LogP contribution in [0, 0.1) is 0 Å². The molecule has 12 heteroatoms. The van der Waals surface area contributed by atoms with Crippen molar-refractivity contribution in [2.75, 3.05) is 13.2 Å². The van der Waals surface area contributed by atoms with Crippen LogP contribution in [-0.2, 0) is 11.2 Å². The number of rotatable bonds is 6. The number of H-pyrrole nitrogens is 1. The van der Waals surface area contributed by atoms with Crippen molar-refractivity contribution in [2.24, 2.45) is 5.11 Å².